The highest BCUT2D eigenvalue weighted by atomic mass is 32.1. The molecule has 0 spiro atoms. The molecule has 0 fully saturated rings. The molecule has 1 heterocycles. The van der Waals surface area contributed by atoms with Gasteiger partial charge in [0.1, 0.15) is 0 Å². The Morgan fingerprint density at radius 3 is 2.71 bits per heavy atom. The van der Waals surface area contributed by atoms with Crippen LogP contribution in [0.25, 0.3) is 0 Å². The minimum Gasteiger partial charge on any atom is -0.478 e. The van der Waals surface area contributed by atoms with Gasteiger partial charge < -0.3 is 9.84 Å². The molecular formula is C9H10O4S. The normalized spacial score (nSPS) is 9.86. The first-order valence-electron chi connectivity index (χ1n) is 3.93. The van der Waals surface area contributed by atoms with Crippen molar-refractivity contribution in [2.75, 3.05) is 7.11 Å². The first-order valence-corrected chi connectivity index (χ1v) is 4.81. The monoisotopic (exact) mass is 214 g/mol. The maximum absolute atomic E-state index is 11.0. The third kappa shape index (κ3) is 2.11. The van der Waals surface area contributed by atoms with Gasteiger partial charge in [0.15, 0.2) is 0 Å². The van der Waals surface area contributed by atoms with Gasteiger partial charge in [0, 0.05) is 4.88 Å². The van der Waals surface area contributed by atoms with E-state index in [1.807, 2.05) is 0 Å². The van der Waals surface area contributed by atoms with Crippen molar-refractivity contribution in [3.8, 4) is 0 Å². The van der Waals surface area contributed by atoms with Crippen molar-refractivity contribution >= 4 is 23.3 Å². The second-order valence-corrected chi connectivity index (χ2v) is 3.74. The Morgan fingerprint density at radius 1 is 1.57 bits per heavy atom. The maximum Gasteiger partial charge on any atom is 0.337 e. The van der Waals surface area contributed by atoms with E-state index in [1.54, 1.807) is 12.3 Å². The Morgan fingerprint density at radius 2 is 2.21 bits per heavy atom. The topological polar surface area (TPSA) is 63.6 Å². The van der Waals surface area contributed by atoms with E-state index in [0.29, 0.717) is 10.4 Å². The molecule has 0 saturated carbocycles. The fourth-order valence-electron chi connectivity index (χ4n) is 1.12. The van der Waals surface area contributed by atoms with Gasteiger partial charge in [0.2, 0.25) is 0 Å². The molecule has 0 amide bonds. The summed E-state index contributed by atoms with van der Waals surface area (Å²) in [5, 5.41) is 10.6. The van der Waals surface area contributed by atoms with Gasteiger partial charge in [0.25, 0.3) is 0 Å². The van der Waals surface area contributed by atoms with Crippen LogP contribution in [0.1, 0.15) is 20.8 Å². The predicted molar refractivity (Wildman–Crippen MR) is 51.7 cm³/mol. The summed E-state index contributed by atoms with van der Waals surface area (Å²) >= 11 is 1.27. The Bertz CT molecular complexity index is 367. The molecule has 0 radical (unpaired) electrons. The summed E-state index contributed by atoms with van der Waals surface area (Å²) in [6, 6.07) is 0. The average molecular weight is 214 g/mol. The van der Waals surface area contributed by atoms with Crippen molar-refractivity contribution in [2.45, 2.75) is 13.3 Å². The lowest BCUT2D eigenvalue weighted by atomic mass is 10.1. The van der Waals surface area contributed by atoms with Gasteiger partial charge in [-0.15, -0.1) is 11.3 Å². The van der Waals surface area contributed by atoms with Crippen LogP contribution in [0.15, 0.2) is 5.38 Å². The number of hydrogen-bond donors (Lipinski definition) is 1. The van der Waals surface area contributed by atoms with E-state index < -0.39 is 11.9 Å². The van der Waals surface area contributed by atoms with Crippen LogP contribution in [0.4, 0.5) is 0 Å². The molecule has 1 N–H and O–H groups in total. The smallest absolute Gasteiger partial charge is 0.337 e. The number of carboxylic acid groups (broad SMARTS) is 1. The highest BCUT2D eigenvalue weighted by molar-refractivity contribution is 7.10. The van der Waals surface area contributed by atoms with Crippen LogP contribution >= 0.6 is 11.3 Å². The van der Waals surface area contributed by atoms with E-state index in [4.69, 9.17) is 5.11 Å². The van der Waals surface area contributed by atoms with E-state index >= 15 is 0 Å². The first-order chi connectivity index (χ1) is 6.56. The summed E-state index contributed by atoms with van der Waals surface area (Å²) in [5.74, 6) is -1.42. The van der Waals surface area contributed by atoms with E-state index in [0.717, 1.165) is 0 Å². The number of carbonyl (C=O) groups excluding carboxylic acids is 1. The SMILES string of the molecule is COC(=O)Cc1scc(C)c1C(=O)O. The summed E-state index contributed by atoms with van der Waals surface area (Å²) in [5.41, 5.74) is 0.904. The van der Waals surface area contributed by atoms with Gasteiger partial charge >= 0.3 is 11.9 Å². The highest BCUT2D eigenvalue weighted by Crippen LogP contribution is 2.22. The molecule has 0 aliphatic rings. The number of ether oxygens (including phenoxy) is 1. The molecule has 0 aromatic carbocycles. The predicted octanol–water partition coefficient (Wildman–Crippen LogP) is 1.47. The fraction of sp³-hybridized carbons (Fsp3) is 0.333. The molecule has 76 valence electrons. The summed E-state index contributed by atoms with van der Waals surface area (Å²) < 4.78 is 4.47. The molecule has 0 atom stereocenters. The molecule has 0 unspecified atom stereocenters. The van der Waals surface area contributed by atoms with Crippen molar-refractivity contribution < 1.29 is 19.4 Å². The quantitative estimate of drug-likeness (QED) is 0.774. The third-order valence-electron chi connectivity index (χ3n) is 1.80. The number of thiophene rings is 1. The Hall–Kier alpha value is -1.36. The van der Waals surface area contributed by atoms with E-state index in [2.05, 4.69) is 4.74 Å². The number of hydrogen-bond acceptors (Lipinski definition) is 4. The Kier molecular flexibility index (Phi) is 3.24. The molecule has 0 aliphatic carbocycles. The van der Waals surface area contributed by atoms with Crippen LogP contribution in [0.5, 0.6) is 0 Å². The van der Waals surface area contributed by atoms with Gasteiger partial charge in [-0.2, -0.15) is 0 Å². The van der Waals surface area contributed by atoms with E-state index in [9.17, 15) is 9.59 Å². The largest absolute Gasteiger partial charge is 0.478 e. The first kappa shape index (κ1) is 10.7. The summed E-state index contributed by atoms with van der Waals surface area (Å²) in [7, 11) is 1.28. The maximum atomic E-state index is 11.0. The van der Waals surface area contributed by atoms with Crippen molar-refractivity contribution in [3.05, 3.63) is 21.4 Å². The zero-order valence-corrected chi connectivity index (χ0v) is 8.68. The van der Waals surface area contributed by atoms with Crippen molar-refractivity contribution in [3.63, 3.8) is 0 Å². The molecule has 0 aliphatic heterocycles. The molecular weight excluding hydrogens is 204 g/mol. The van der Waals surface area contributed by atoms with Gasteiger partial charge in [-0.25, -0.2) is 4.79 Å². The number of methoxy groups -OCH3 is 1. The molecule has 1 aromatic heterocycles. The minimum absolute atomic E-state index is 0.0244. The molecule has 0 bridgehead atoms. The van der Waals surface area contributed by atoms with Crippen molar-refractivity contribution in [1.29, 1.82) is 0 Å². The Labute approximate surface area is 85.1 Å². The zero-order valence-electron chi connectivity index (χ0n) is 7.86. The second-order valence-electron chi connectivity index (χ2n) is 2.77. The van der Waals surface area contributed by atoms with E-state index in [-0.39, 0.29) is 12.0 Å². The van der Waals surface area contributed by atoms with Crippen LogP contribution < -0.4 is 0 Å². The molecule has 5 heteroatoms. The number of carboxylic acids is 1. The number of esters is 1. The number of aryl methyl sites for hydroxylation is 1. The van der Waals surface area contributed by atoms with Gasteiger partial charge in [0.05, 0.1) is 19.1 Å². The summed E-state index contributed by atoms with van der Waals surface area (Å²) in [4.78, 5) is 22.3. The summed E-state index contributed by atoms with van der Waals surface area (Å²) in [6.45, 7) is 1.71. The molecule has 1 rings (SSSR count). The third-order valence-corrected chi connectivity index (χ3v) is 2.90. The number of carbonyl (C=O) groups is 2. The number of rotatable bonds is 3. The average Bonchev–Trinajstić information content (AvgIpc) is 2.46. The second kappa shape index (κ2) is 4.23. The summed E-state index contributed by atoms with van der Waals surface area (Å²) in [6.07, 6.45) is 0.0244. The van der Waals surface area contributed by atoms with Gasteiger partial charge in [-0.3, -0.25) is 4.79 Å². The zero-order chi connectivity index (χ0) is 10.7. The van der Waals surface area contributed by atoms with Crippen molar-refractivity contribution in [2.24, 2.45) is 0 Å². The lowest BCUT2D eigenvalue weighted by molar-refractivity contribution is -0.139. The molecule has 1 aromatic rings. The van der Waals surface area contributed by atoms with Crippen LogP contribution in [-0.2, 0) is 16.0 Å². The molecule has 14 heavy (non-hydrogen) atoms. The van der Waals surface area contributed by atoms with Crippen molar-refractivity contribution in [1.82, 2.24) is 0 Å². The minimum atomic E-state index is -0.998. The highest BCUT2D eigenvalue weighted by Gasteiger charge is 2.17. The molecule has 4 nitrogen and oxygen atoms in total. The van der Waals surface area contributed by atoms with Crippen LogP contribution in [0, 0.1) is 6.92 Å². The lowest BCUT2D eigenvalue weighted by Crippen LogP contribution is -2.07. The van der Waals surface area contributed by atoms with Crippen LogP contribution in [-0.4, -0.2) is 24.2 Å². The molecule has 0 saturated heterocycles. The standard InChI is InChI=1S/C9H10O4S/c1-5-4-14-6(3-7(10)13-2)8(5)9(11)12/h4H,3H2,1-2H3,(H,11,12). The van der Waals surface area contributed by atoms with Gasteiger partial charge in [-0.1, -0.05) is 0 Å². The fourth-order valence-corrected chi connectivity index (χ4v) is 2.12. The van der Waals surface area contributed by atoms with Crippen LogP contribution in [0.3, 0.4) is 0 Å². The number of aromatic carboxylic acids is 1. The van der Waals surface area contributed by atoms with Crippen LogP contribution in [0.2, 0.25) is 0 Å². The van der Waals surface area contributed by atoms with E-state index in [1.165, 1.54) is 18.4 Å². The Balaban J connectivity index is 2.98. The van der Waals surface area contributed by atoms with Gasteiger partial charge in [-0.05, 0) is 17.9 Å². The lowest BCUT2D eigenvalue weighted by Gasteiger charge is -1.99.